The van der Waals surface area contributed by atoms with E-state index in [-0.39, 0.29) is 29.9 Å². The molecular formula is C15H20N4O3S. The fraction of sp³-hybridized carbons (Fsp3) is 0.467. The van der Waals surface area contributed by atoms with E-state index in [0.717, 1.165) is 12.8 Å². The van der Waals surface area contributed by atoms with Crippen molar-refractivity contribution in [2.45, 2.75) is 23.8 Å². The maximum Gasteiger partial charge on any atom is 0.240 e. The highest BCUT2D eigenvalue weighted by molar-refractivity contribution is 7.89. The fourth-order valence-electron chi connectivity index (χ4n) is 2.45. The molecule has 8 heteroatoms. The number of benzene rings is 1. The highest BCUT2D eigenvalue weighted by atomic mass is 32.2. The van der Waals surface area contributed by atoms with Gasteiger partial charge >= 0.3 is 0 Å². The molecule has 0 unspecified atom stereocenters. The summed E-state index contributed by atoms with van der Waals surface area (Å²) in [5.74, 6) is -0.125. The van der Waals surface area contributed by atoms with E-state index in [1.807, 2.05) is 0 Å². The monoisotopic (exact) mass is 336 g/mol. The van der Waals surface area contributed by atoms with Crippen LogP contribution in [0.25, 0.3) is 0 Å². The molecule has 124 valence electrons. The number of hydrogen-bond donors (Lipinski definition) is 2. The zero-order valence-corrected chi connectivity index (χ0v) is 13.6. The van der Waals surface area contributed by atoms with E-state index in [1.54, 1.807) is 23.1 Å². The number of rotatable bonds is 7. The normalized spacial score (nSPS) is 17.9. The largest absolute Gasteiger partial charge is 0.326 e. The van der Waals surface area contributed by atoms with Crippen LogP contribution >= 0.6 is 0 Å². The highest BCUT2D eigenvalue weighted by Crippen LogP contribution is 2.15. The van der Waals surface area contributed by atoms with Crippen LogP contribution in [0.1, 0.15) is 12.8 Å². The number of hydrogen-bond acceptors (Lipinski definition) is 5. The second-order valence-electron chi connectivity index (χ2n) is 5.26. The summed E-state index contributed by atoms with van der Waals surface area (Å²) >= 11 is 0. The molecule has 1 aromatic carbocycles. The number of carbonyl (C=O) groups excluding carboxylic acids is 1. The van der Waals surface area contributed by atoms with Gasteiger partial charge in [0, 0.05) is 19.6 Å². The van der Waals surface area contributed by atoms with Gasteiger partial charge in [0.05, 0.1) is 17.5 Å². The number of likely N-dealkylation sites (tertiary alicyclic amines) is 1. The molecule has 0 radical (unpaired) electrons. The average molecular weight is 336 g/mol. The summed E-state index contributed by atoms with van der Waals surface area (Å²) in [7, 11) is -3.52. The third-order valence-electron chi connectivity index (χ3n) is 3.65. The standard InChI is InChI=1S/C15H20N4O3S/c16-11-13-5-4-10-19(13)15(20)12-17-8-9-18-23(21,22)14-6-2-1-3-7-14/h1-3,6-7,13,17-18H,4-5,8-10,12H2/t13-/m0/s1. The van der Waals surface area contributed by atoms with Crippen LogP contribution in [0.4, 0.5) is 0 Å². The van der Waals surface area contributed by atoms with Gasteiger partial charge in [-0.25, -0.2) is 13.1 Å². The first-order valence-corrected chi connectivity index (χ1v) is 8.97. The maximum absolute atomic E-state index is 12.0. The molecule has 1 fully saturated rings. The zero-order chi connectivity index (χ0) is 16.7. The molecule has 1 aliphatic rings. The average Bonchev–Trinajstić information content (AvgIpc) is 3.04. The van der Waals surface area contributed by atoms with Gasteiger partial charge in [-0.3, -0.25) is 4.79 Å². The van der Waals surface area contributed by atoms with E-state index >= 15 is 0 Å². The molecule has 1 heterocycles. The van der Waals surface area contributed by atoms with Crippen molar-refractivity contribution in [1.82, 2.24) is 14.9 Å². The van der Waals surface area contributed by atoms with Crippen LogP contribution in [0.15, 0.2) is 35.2 Å². The van der Waals surface area contributed by atoms with Crippen molar-refractivity contribution in [2.24, 2.45) is 0 Å². The van der Waals surface area contributed by atoms with Gasteiger partial charge in [0.15, 0.2) is 0 Å². The Bertz CT molecular complexity index is 670. The van der Waals surface area contributed by atoms with Crippen LogP contribution in [0.3, 0.4) is 0 Å². The lowest BCUT2D eigenvalue weighted by molar-refractivity contribution is -0.130. The van der Waals surface area contributed by atoms with Gasteiger partial charge in [-0.15, -0.1) is 0 Å². The maximum atomic E-state index is 12.0. The summed E-state index contributed by atoms with van der Waals surface area (Å²) in [4.78, 5) is 13.8. The van der Waals surface area contributed by atoms with Gasteiger partial charge in [-0.1, -0.05) is 18.2 Å². The second-order valence-corrected chi connectivity index (χ2v) is 7.03. The topological polar surface area (TPSA) is 102 Å². The molecule has 23 heavy (non-hydrogen) atoms. The van der Waals surface area contributed by atoms with Crippen molar-refractivity contribution < 1.29 is 13.2 Å². The zero-order valence-electron chi connectivity index (χ0n) is 12.7. The molecule has 1 atom stereocenters. The summed E-state index contributed by atoms with van der Waals surface area (Å²) in [5.41, 5.74) is 0. The Morgan fingerprint density at radius 2 is 2.04 bits per heavy atom. The molecule has 0 bridgehead atoms. The number of carbonyl (C=O) groups is 1. The molecule has 1 aliphatic heterocycles. The molecule has 2 rings (SSSR count). The number of nitrogens with one attached hydrogen (secondary N) is 2. The minimum Gasteiger partial charge on any atom is -0.326 e. The Morgan fingerprint density at radius 1 is 1.30 bits per heavy atom. The SMILES string of the molecule is N#C[C@@H]1CCCN1C(=O)CNCCNS(=O)(=O)c1ccccc1. The van der Waals surface area contributed by atoms with Crippen LogP contribution in [0.5, 0.6) is 0 Å². The number of nitrogens with zero attached hydrogens (tertiary/aromatic N) is 2. The number of nitriles is 1. The summed E-state index contributed by atoms with van der Waals surface area (Å²) in [6, 6.07) is 9.90. The van der Waals surface area contributed by atoms with E-state index in [9.17, 15) is 13.2 Å². The first-order chi connectivity index (χ1) is 11.0. The van der Waals surface area contributed by atoms with Crippen molar-refractivity contribution in [3.8, 4) is 6.07 Å². The summed E-state index contributed by atoms with van der Waals surface area (Å²) in [6.45, 7) is 1.24. The summed E-state index contributed by atoms with van der Waals surface area (Å²) < 4.78 is 26.4. The van der Waals surface area contributed by atoms with Crippen molar-refractivity contribution in [3.63, 3.8) is 0 Å². The Hall–Kier alpha value is -1.95. The third-order valence-corrected chi connectivity index (χ3v) is 5.12. The van der Waals surface area contributed by atoms with E-state index in [4.69, 9.17) is 5.26 Å². The molecule has 0 spiro atoms. The van der Waals surface area contributed by atoms with E-state index in [2.05, 4.69) is 16.1 Å². The first-order valence-electron chi connectivity index (χ1n) is 7.49. The molecule has 7 nitrogen and oxygen atoms in total. The number of amides is 1. The first kappa shape index (κ1) is 17.4. The molecule has 0 saturated carbocycles. The molecule has 0 aromatic heterocycles. The predicted octanol–water partition coefficient (Wildman–Crippen LogP) is 0.0691. The van der Waals surface area contributed by atoms with Gasteiger partial charge in [0.1, 0.15) is 6.04 Å². The van der Waals surface area contributed by atoms with Crippen LogP contribution in [-0.2, 0) is 14.8 Å². The smallest absolute Gasteiger partial charge is 0.240 e. The lowest BCUT2D eigenvalue weighted by Gasteiger charge is -2.19. The van der Waals surface area contributed by atoms with Crippen LogP contribution in [-0.4, -0.2) is 51.4 Å². The van der Waals surface area contributed by atoms with Gasteiger partial charge in [0.25, 0.3) is 0 Å². The van der Waals surface area contributed by atoms with E-state index in [1.165, 1.54) is 12.1 Å². The van der Waals surface area contributed by atoms with Crippen molar-refractivity contribution in [3.05, 3.63) is 30.3 Å². The second kappa shape index (κ2) is 8.06. The fourth-order valence-corrected chi connectivity index (χ4v) is 3.51. The Kier molecular flexibility index (Phi) is 6.10. The molecule has 1 amide bonds. The van der Waals surface area contributed by atoms with Gasteiger partial charge in [-0.2, -0.15) is 5.26 Å². The van der Waals surface area contributed by atoms with Gasteiger partial charge in [-0.05, 0) is 25.0 Å². The Balaban J connectivity index is 1.70. The minimum absolute atomic E-state index is 0.102. The quantitative estimate of drug-likeness (QED) is 0.686. The molecular weight excluding hydrogens is 316 g/mol. The Labute approximate surface area is 136 Å². The summed E-state index contributed by atoms with van der Waals surface area (Å²) in [5, 5.41) is 11.9. The summed E-state index contributed by atoms with van der Waals surface area (Å²) in [6.07, 6.45) is 1.57. The lowest BCUT2D eigenvalue weighted by Crippen LogP contribution is -2.42. The molecule has 1 saturated heterocycles. The van der Waals surface area contributed by atoms with Crippen LogP contribution in [0.2, 0.25) is 0 Å². The van der Waals surface area contributed by atoms with Crippen LogP contribution in [0, 0.1) is 11.3 Å². The van der Waals surface area contributed by atoms with E-state index in [0.29, 0.717) is 13.1 Å². The minimum atomic E-state index is -3.52. The number of sulfonamides is 1. The Morgan fingerprint density at radius 3 is 2.74 bits per heavy atom. The van der Waals surface area contributed by atoms with Crippen LogP contribution < -0.4 is 10.0 Å². The molecule has 2 N–H and O–H groups in total. The highest BCUT2D eigenvalue weighted by Gasteiger charge is 2.27. The molecule has 1 aromatic rings. The van der Waals surface area contributed by atoms with E-state index < -0.39 is 10.0 Å². The van der Waals surface area contributed by atoms with Gasteiger partial charge in [0.2, 0.25) is 15.9 Å². The predicted molar refractivity (Wildman–Crippen MR) is 84.8 cm³/mol. The van der Waals surface area contributed by atoms with Crippen molar-refractivity contribution in [1.29, 1.82) is 5.26 Å². The molecule has 0 aliphatic carbocycles. The van der Waals surface area contributed by atoms with Gasteiger partial charge < -0.3 is 10.2 Å². The lowest BCUT2D eigenvalue weighted by atomic mass is 10.2. The third kappa shape index (κ3) is 4.76. The van der Waals surface area contributed by atoms with Crippen molar-refractivity contribution >= 4 is 15.9 Å². The van der Waals surface area contributed by atoms with Crippen molar-refractivity contribution in [2.75, 3.05) is 26.2 Å².